The Morgan fingerprint density at radius 3 is 2.50 bits per heavy atom. The molecule has 7 heteroatoms. The van der Waals surface area contributed by atoms with E-state index in [9.17, 15) is 9.90 Å². The van der Waals surface area contributed by atoms with Gasteiger partial charge < -0.3 is 21.1 Å². The van der Waals surface area contributed by atoms with Crippen LogP contribution in [0.2, 0.25) is 0 Å². The molecule has 4 N–H and O–H groups in total. The van der Waals surface area contributed by atoms with Gasteiger partial charge in [0, 0.05) is 25.2 Å². The van der Waals surface area contributed by atoms with Crippen LogP contribution in [0.3, 0.4) is 0 Å². The summed E-state index contributed by atoms with van der Waals surface area (Å²) in [7, 11) is 0. The van der Waals surface area contributed by atoms with Gasteiger partial charge >= 0.3 is 0 Å². The molecule has 2 rings (SSSR count). The minimum absolute atomic E-state index is 0. The molecule has 0 bridgehead atoms. The molecular formula is C21H29IN4O2. The summed E-state index contributed by atoms with van der Waals surface area (Å²) in [5.74, 6) is 0.661. The van der Waals surface area contributed by atoms with E-state index in [0.29, 0.717) is 25.2 Å². The number of aromatic hydroxyl groups is 1. The Kier molecular flexibility index (Phi) is 11.0. The van der Waals surface area contributed by atoms with Crippen molar-refractivity contribution in [2.24, 2.45) is 4.99 Å². The summed E-state index contributed by atoms with van der Waals surface area (Å²) in [4.78, 5) is 16.6. The van der Waals surface area contributed by atoms with Gasteiger partial charge in [-0.2, -0.15) is 0 Å². The van der Waals surface area contributed by atoms with E-state index in [-0.39, 0.29) is 35.6 Å². The molecule has 0 saturated heterocycles. The lowest BCUT2D eigenvalue weighted by Crippen LogP contribution is -2.38. The van der Waals surface area contributed by atoms with Gasteiger partial charge in [-0.3, -0.25) is 4.79 Å². The van der Waals surface area contributed by atoms with Crippen molar-refractivity contribution in [3.63, 3.8) is 0 Å². The lowest BCUT2D eigenvalue weighted by Gasteiger charge is -2.12. The zero-order valence-electron chi connectivity index (χ0n) is 16.4. The van der Waals surface area contributed by atoms with E-state index in [1.807, 2.05) is 13.0 Å². The predicted octanol–water partition coefficient (Wildman–Crippen LogP) is 3.19. The van der Waals surface area contributed by atoms with Gasteiger partial charge in [-0.15, -0.1) is 24.0 Å². The molecule has 2 aromatic carbocycles. The maximum absolute atomic E-state index is 12.0. The minimum Gasteiger partial charge on any atom is -0.508 e. The number of nitrogens with one attached hydrogen (secondary N) is 3. The Balaban J connectivity index is 0.00000392. The van der Waals surface area contributed by atoms with Gasteiger partial charge in [-0.1, -0.05) is 35.9 Å². The Morgan fingerprint density at radius 2 is 1.79 bits per heavy atom. The van der Waals surface area contributed by atoms with Crippen molar-refractivity contribution in [2.45, 2.75) is 26.8 Å². The van der Waals surface area contributed by atoms with Crippen molar-refractivity contribution in [3.8, 4) is 5.75 Å². The number of nitrogens with zero attached hydrogens (tertiary/aromatic N) is 1. The first-order valence-corrected chi connectivity index (χ1v) is 9.23. The third kappa shape index (κ3) is 8.60. The largest absolute Gasteiger partial charge is 0.508 e. The maximum atomic E-state index is 12.0. The predicted molar refractivity (Wildman–Crippen MR) is 124 cm³/mol. The maximum Gasteiger partial charge on any atom is 0.251 e. The highest BCUT2D eigenvalue weighted by atomic mass is 127. The number of phenolic OH excluding ortho intramolecular Hbond substituents is 1. The summed E-state index contributed by atoms with van der Waals surface area (Å²) in [6, 6.07) is 14.6. The molecular weight excluding hydrogens is 467 g/mol. The van der Waals surface area contributed by atoms with Crippen LogP contribution < -0.4 is 16.0 Å². The molecule has 0 aliphatic carbocycles. The SMILES string of the molecule is CCNC(=NCc1cccc(C)c1)NCCCNC(=O)c1cccc(O)c1.I. The van der Waals surface area contributed by atoms with Crippen LogP contribution in [0, 0.1) is 6.92 Å². The van der Waals surface area contributed by atoms with Crippen LogP contribution in [-0.2, 0) is 6.54 Å². The average Bonchev–Trinajstić information content (AvgIpc) is 2.65. The highest BCUT2D eigenvalue weighted by Gasteiger charge is 2.05. The minimum atomic E-state index is -0.189. The van der Waals surface area contributed by atoms with E-state index < -0.39 is 0 Å². The molecule has 6 nitrogen and oxygen atoms in total. The molecule has 0 fully saturated rings. The van der Waals surface area contributed by atoms with Crippen LogP contribution in [-0.4, -0.2) is 36.6 Å². The van der Waals surface area contributed by atoms with E-state index >= 15 is 0 Å². The zero-order valence-corrected chi connectivity index (χ0v) is 18.7. The quantitative estimate of drug-likeness (QED) is 0.196. The number of carbonyl (C=O) groups is 1. The first kappa shape index (κ1) is 23.7. The van der Waals surface area contributed by atoms with Crippen LogP contribution in [0.1, 0.15) is 34.8 Å². The molecule has 0 unspecified atom stereocenters. The Hall–Kier alpha value is -2.29. The Bertz CT molecular complexity index is 781. The first-order valence-electron chi connectivity index (χ1n) is 9.23. The number of hydrogen-bond donors (Lipinski definition) is 4. The number of rotatable bonds is 8. The van der Waals surface area contributed by atoms with Gasteiger partial charge in [0.1, 0.15) is 5.75 Å². The molecule has 0 radical (unpaired) electrons. The fraction of sp³-hybridized carbons (Fsp3) is 0.333. The first-order chi connectivity index (χ1) is 13.1. The van der Waals surface area contributed by atoms with Crippen molar-refractivity contribution >= 4 is 35.8 Å². The number of carbonyl (C=O) groups excluding carboxylic acids is 1. The number of phenols is 1. The fourth-order valence-corrected chi connectivity index (χ4v) is 2.57. The molecule has 0 saturated carbocycles. The summed E-state index contributed by atoms with van der Waals surface area (Å²) >= 11 is 0. The van der Waals surface area contributed by atoms with Gasteiger partial charge in [0.15, 0.2) is 5.96 Å². The highest BCUT2D eigenvalue weighted by Crippen LogP contribution is 2.10. The number of amides is 1. The van der Waals surface area contributed by atoms with Gasteiger partial charge in [-0.25, -0.2) is 4.99 Å². The van der Waals surface area contributed by atoms with Crippen molar-refractivity contribution in [2.75, 3.05) is 19.6 Å². The summed E-state index contributed by atoms with van der Waals surface area (Å²) in [5, 5.41) is 18.8. The van der Waals surface area contributed by atoms with Crippen LogP contribution in [0.4, 0.5) is 0 Å². The van der Waals surface area contributed by atoms with E-state index in [1.165, 1.54) is 17.2 Å². The summed E-state index contributed by atoms with van der Waals surface area (Å²) in [5.41, 5.74) is 2.85. The van der Waals surface area contributed by atoms with Gasteiger partial charge in [0.2, 0.25) is 0 Å². The van der Waals surface area contributed by atoms with Crippen molar-refractivity contribution < 1.29 is 9.90 Å². The normalized spacial score (nSPS) is 10.7. The zero-order chi connectivity index (χ0) is 19.5. The number of halogens is 1. The molecule has 0 spiro atoms. The van der Waals surface area contributed by atoms with Gasteiger partial charge in [0.05, 0.1) is 6.54 Å². The van der Waals surface area contributed by atoms with E-state index in [1.54, 1.807) is 18.2 Å². The second-order valence-corrected chi connectivity index (χ2v) is 6.27. The molecule has 0 aliphatic heterocycles. The summed E-state index contributed by atoms with van der Waals surface area (Å²) < 4.78 is 0. The van der Waals surface area contributed by atoms with Crippen LogP contribution >= 0.6 is 24.0 Å². The van der Waals surface area contributed by atoms with Crippen LogP contribution in [0.25, 0.3) is 0 Å². The number of aliphatic imine (C=N–C) groups is 1. The number of benzene rings is 2. The molecule has 28 heavy (non-hydrogen) atoms. The second kappa shape index (κ2) is 13.0. The molecule has 152 valence electrons. The lowest BCUT2D eigenvalue weighted by molar-refractivity contribution is 0.0953. The van der Waals surface area contributed by atoms with Crippen molar-refractivity contribution in [1.82, 2.24) is 16.0 Å². The number of aryl methyl sites for hydroxylation is 1. The highest BCUT2D eigenvalue weighted by molar-refractivity contribution is 14.0. The van der Waals surface area contributed by atoms with Crippen LogP contribution in [0.5, 0.6) is 5.75 Å². The van der Waals surface area contributed by atoms with E-state index in [4.69, 9.17) is 0 Å². The Morgan fingerprint density at radius 1 is 1.04 bits per heavy atom. The molecule has 2 aromatic rings. The number of hydrogen-bond acceptors (Lipinski definition) is 3. The monoisotopic (exact) mass is 496 g/mol. The van der Waals surface area contributed by atoms with E-state index in [2.05, 4.69) is 46.1 Å². The number of guanidine groups is 1. The van der Waals surface area contributed by atoms with Gasteiger partial charge in [-0.05, 0) is 44.0 Å². The standard InChI is InChI=1S/C21H28N4O2.HI/c1-3-22-21(25-15-17-8-4-7-16(2)13-17)24-12-6-11-23-20(27)18-9-5-10-19(26)14-18;/h4-5,7-10,13-14,26H,3,6,11-12,15H2,1-2H3,(H,23,27)(H2,22,24,25);1H. The summed E-state index contributed by atoms with van der Waals surface area (Å²) in [6.45, 7) is 6.74. The third-order valence-electron chi connectivity index (χ3n) is 3.89. The molecule has 0 aromatic heterocycles. The fourth-order valence-electron chi connectivity index (χ4n) is 2.57. The molecule has 0 heterocycles. The molecule has 1 amide bonds. The second-order valence-electron chi connectivity index (χ2n) is 6.27. The molecule has 0 atom stereocenters. The molecule has 0 aliphatic rings. The van der Waals surface area contributed by atoms with Crippen molar-refractivity contribution in [1.29, 1.82) is 0 Å². The van der Waals surface area contributed by atoms with Gasteiger partial charge in [0.25, 0.3) is 5.91 Å². The average molecular weight is 496 g/mol. The third-order valence-corrected chi connectivity index (χ3v) is 3.89. The topological polar surface area (TPSA) is 85.8 Å². The van der Waals surface area contributed by atoms with Crippen LogP contribution in [0.15, 0.2) is 53.5 Å². The van der Waals surface area contributed by atoms with E-state index in [0.717, 1.165) is 18.9 Å². The summed E-state index contributed by atoms with van der Waals surface area (Å²) in [6.07, 6.45) is 0.763. The Labute approximate surface area is 183 Å². The lowest BCUT2D eigenvalue weighted by atomic mass is 10.1. The van der Waals surface area contributed by atoms with Crippen molar-refractivity contribution in [3.05, 3.63) is 65.2 Å². The smallest absolute Gasteiger partial charge is 0.251 e.